The van der Waals surface area contributed by atoms with Gasteiger partial charge >= 0.3 is 0 Å². The molecular weight excluding hydrogens is 254 g/mol. The second-order valence-corrected chi connectivity index (χ2v) is 5.44. The van der Waals surface area contributed by atoms with Gasteiger partial charge in [-0.1, -0.05) is 23.9 Å². The van der Waals surface area contributed by atoms with Gasteiger partial charge in [-0.2, -0.15) is 0 Å². The lowest BCUT2D eigenvalue weighted by Crippen LogP contribution is -2.17. The van der Waals surface area contributed by atoms with Gasteiger partial charge in [-0.05, 0) is 37.3 Å². The molecule has 19 heavy (non-hydrogen) atoms. The SMILES string of the molecule is CSc1nccc(-c2ccc(N3CCCC3)cc2)n1. The Kier molecular flexibility index (Phi) is 3.69. The van der Waals surface area contributed by atoms with Gasteiger partial charge < -0.3 is 4.90 Å². The Morgan fingerprint density at radius 2 is 1.79 bits per heavy atom. The molecule has 3 rings (SSSR count). The third-order valence-corrected chi connectivity index (χ3v) is 4.01. The van der Waals surface area contributed by atoms with Crippen molar-refractivity contribution in [3.05, 3.63) is 36.5 Å². The lowest BCUT2D eigenvalue weighted by Gasteiger charge is -2.17. The van der Waals surface area contributed by atoms with Gasteiger partial charge in [0.25, 0.3) is 0 Å². The third-order valence-electron chi connectivity index (χ3n) is 3.45. The number of hydrogen-bond donors (Lipinski definition) is 0. The molecule has 1 aromatic heterocycles. The Balaban J connectivity index is 1.84. The van der Waals surface area contributed by atoms with Gasteiger partial charge in [0.15, 0.2) is 5.16 Å². The minimum absolute atomic E-state index is 0.820. The molecule has 1 aliphatic rings. The van der Waals surface area contributed by atoms with Crippen LogP contribution in [-0.4, -0.2) is 29.3 Å². The molecule has 0 bridgehead atoms. The Bertz CT molecular complexity index is 548. The molecule has 1 saturated heterocycles. The molecule has 1 aliphatic heterocycles. The van der Waals surface area contributed by atoms with Crippen molar-refractivity contribution >= 4 is 17.4 Å². The fourth-order valence-electron chi connectivity index (χ4n) is 2.42. The van der Waals surface area contributed by atoms with E-state index in [0.29, 0.717) is 0 Å². The van der Waals surface area contributed by atoms with Crippen molar-refractivity contribution in [2.75, 3.05) is 24.2 Å². The predicted octanol–water partition coefficient (Wildman–Crippen LogP) is 3.47. The van der Waals surface area contributed by atoms with Gasteiger partial charge in [-0.15, -0.1) is 0 Å². The van der Waals surface area contributed by atoms with Gasteiger partial charge in [0, 0.05) is 30.5 Å². The zero-order valence-electron chi connectivity index (χ0n) is 11.0. The highest BCUT2D eigenvalue weighted by molar-refractivity contribution is 7.98. The average Bonchev–Trinajstić information content (AvgIpc) is 3.02. The van der Waals surface area contributed by atoms with E-state index >= 15 is 0 Å². The van der Waals surface area contributed by atoms with E-state index in [2.05, 4.69) is 39.1 Å². The lowest BCUT2D eigenvalue weighted by molar-refractivity contribution is 0.949. The summed E-state index contributed by atoms with van der Waals surface area (Å²) in [6, 6.07) is 10.7. The fraction of sp³-hybridized carbons (Fsp3) is 0.333. The largest absolute Gasteiger partial charge is 0.372 e. The van der Waals surface area contributed by atoms with Gasteiger partial charge in [0.2, 0.25) is 0 Å². The first-order valence-electron chi connectivity index (χ1n) is 6.59. The molecule has 1 aromatic carbocycles. The van der Waals surface area contributed by atoms with Gasteiger partial charge in [0.1, 0.15) is 0 Å². The minimum atomic E-state index is 0.820. The van der Waals surface area contributed by atoms with Gasteiger partial charge in [-0.3, -0.25) is 0 Å². The van der Waals surface area contributed by atoms with Gasteiger partial charge in [-0.25, -0.2) is 9.97 Å². The molecule has 0 aliphatic carbocycles. The second kappa shape index (κ2) is 5.61. The van der Waals surface area contributed by atoms with Gasteiger partial charge in [0.05, 0.1) is 5.69 Å². The van der Waals surface area contributed by atoms with Crippen LogP contribution in [0.3, 0.4) is 0 Å². The number of rotatable bonds is 3. The summed E-state index contributed by atoms with van der Waals surface area (Å²) in [7, 11) is 0. The molecule has 2 heterocycles. The Morgan fingerprint density at radius 3 is 2.47 bits per heavy atom. The van der Waals surface area contributed by atoms with Crippen molar-refractivity contribution < 1.29 is 0 Å². The summed E-state index contributed by atoms with van der Waals surface area (Å²) in [5.41, 5.74) is 3.47. The quantitative estimate of drug-likeness (QED) is 0.631. The van der Waals surface area contributed by atoms with E-state index in [1.165, 1.54) is 31.6 Å². The zero-order chi connectivity index (χ0) is 13.1. The normalized spacial score (nSPS) is 14.9. The summed E-state index contributed by atoms with van der Waals surface area (Å²) in [6.07, 6.45) is 6.44. The van der Waals surface area contributed by atoms with E-state index in [4.69, 9.17) is 0 Å². The number of aromatic nitrogens is 2. The van der Waals surface area contributed by atoms with Crippen molar-refractivity contribution in [2.24, 2.45) is 0 Å². The molecule has 0 N–H and O–H groups in total. The van der Waals surface area contributed by atoms with Crippen molar-refractivity contribution in [3.63, 3.8) is 0 Å². The molecule has 0 unspecified atom stereocenters. The van der Waals surface area contributed by atoms with E-state index in [9.17, 15) is 0 Å². The van der Waals surface area contributed by atoms with Crippen LogP contribution in [0, 0.1) is 0 Å². The monoisotopic (exact) mass is 271 g/mol. The molecule has 0 radical (unpaired) electrons. The summed E-state index contributed by atoms with van der Waals surface area (Å²) in [5, 5.41) is 0.820. The first-order valence-corrected chi connectivity index (χ1v) is 7.82. The van der Waals surface area contributed by atoms with Crippen LogP contribution < -0.4 is 4.90 Å². The summed E-state index contributed by atoms with van der Waals surface area (Å²) >= 11 is 1.57. The maximum Gasteiger partial charge on any atom is 0.187 e. The second-order valence-electron chi connectivity index (χ2n) is 4.67. The predicted molar refractivity (Wildman–Crippen MR) is 80.7 cm³/mol. The van der Waals surface area contributed by atoms with Crippen LogP contribution in [0.4, 0.5) is 5.69 Å². The summed E-state index contributed by atoms with van der Waals surface area (Å²) in [4.78, 5) is 11.2. The number of hydrogen-bond acceptors (Lipinski definition) is 4. The van der Waals surface area contributed by atoms with Crippen LogP contribution in [0.25, 0.3) is 11.3 Å². The Hall–Kier alpha value is -1.55. The molecule has 0 spiro atoms. The maximum absolute atomic E-state index is 4.53. The molecule has 1 fully saturated rings. The number of benzene rings is 1. The smallest absolute Gasteiger partial charge is 0.187 e. The van der Waals surface area contributed by atoms with Crippen LogP contribution in [0.2, 0.25) is 0 Å². The fourth-order valence-corrected chi connectivity index (χ4v) is 2.77. The molecule has 0 saturated carbocycles. The van der Waals surface area contributed by atoms with Crippen LogP contribution in [0.15, 0.2) is 41.7 Å². The van der Waals surface area contributed by atoms with Crippen LogP contribution >= 0.6 is 11.8 Å². The van der Waals surface area contributed by atoms with E-state index < -0.39 is 0 Å². The van der Waals surface area contributed by atoms with E-state index in [1.807, 2.05) is 18.5 Å². The van der Waals surface area contributed by atoms with Crippen molar-refractivity contribution in [1.82, 2.24) is 9.97 Å². The molecular formula is C15H17N3S. The third kappa shape index (κ3) is 2.73. The summed E-state index contributed by atoms with van der Waals surface area (Å²) in [5.74, 6) is 0. The number of thioether (sulfide) groups is 1. The minimum Gasteiger partial charge on any atom is -0.372 e. The van der Waals surface area contributed by atoms with Crippen LogP contribution in [-0.2, 0) is 0 Å². The highest BCUT2D eigenvalue weighted by atomic mass is 32.2. The topological polar surface area (TPSA) is 29.0 Å². The highest BCUT2D eigenvalue weighted by Gasteiger charge is 2.12. The van der Waals surface area contributed by atoms with Crippen LogP contribution in [0.1, 0.15) is 12.8 Å². The van der Waals surface area contributed by atoms with Crippen molar-refractivity contribution in [1.29, 1.82) is 0 Å². The van der Waals surface area contributed by atoms with Crippen LogP contribution in [0.5, 0.6) is 0 Å². The standard InChI is InChI=1S/C15H17N3S/c1-19-15-16-9-8-14(17-15)12-4-6-13(7-5-12)18-10-2-3-11-18/h4-9H,2-3,10-11H2,1H3. The van der Waals surface area contributed by atoms with E-state index in [0.717, 1.165) is 16.4 Å². The van der Waals surface area contributed by atoms with E-state index in [-0.39, 0.29) is 0 Å². The maximum atomic E-state index is 4.53. The molecule has 4 heteroatoms. The van der Waals surface area contributed by atoms with Crippen molar-refractivity contribution in [3.8, 4) is 11.3 Å². The molecule has 0 amide bonds. The average molecular weight is 271 g/mol. The first-order chi connectivity index (χ1) is 9.36. The highest BCUT2D eigenvalue weighted by Crippen LogP contribution is 2.24. The molecule has 3 nitrogen and oxygen atoms in total. The molecule has 98 valence electrons. The Labute approximate surface area is 118 Å². The number of nitrogens with zero attached hydrogens (tertiary/aromatic N) is 3. The number of anilines is 1. The molecule has 0 atom stereocenters. The zero-order valence-corrected chi connectivity index (χ0v) is 11.9. The van der Waals surface area contributed by atoms with E-state index in [1.54, 1.807) is 11.8 Å². The summed E-state index contributed by atoms with van der Waals surface area (Å²) < 4.78 is 0. The molecule has 2 aromatic rings. The first kappa shape index (κ1) is 12.5. The van der Waals surface area contributed by atoms with Crippen molar-refractivity contribution in [2.45, 2.75) is 18.0 Å². The lowest BCUT2D eigenvalue weighted by atomic mass is 10.1. The summed E-state index contributed by atoms with van der Waals surface area (Å²) in [6.45, 7) is 2.37. The Morgan fingerprint density at radius 1 is 1.05 bits per heavy atom.